The molecule has 0 N–H and O–H groups in total. The summed E-state index contributed by atoms with van der Waals surface area (Å²) in [7, 11) is 2.18. The maximum absolute atomic E-state index is 5.56. The van der Waals surface area contributed by atoms with Crippen LogP contribution in [0.5, 0.6) is 0 Å². The Balaban J connectivity index is 2.38. The van der Waals surface area contributed by atoms with Gasteiger partial charge in [0.1, 0.15) is 0 Å². The van der Waals surface area contributed by atoms with Gasteiger partial charge in [0.2, 0.25) is 0 Å². The molecule has 0 unspecified atom stereocenters. The van der Waals surface area contributed by atoms with Crippen LogP contribution in [0.3, 0.4) is 0 Å². The second kappa shape index (κ2) is 7.38. The Hall–Kier alpha value is -1.66. The Morgan fingerprint density at radius 2 is 1.10 bits per heavy atom. The summed E-state index contributed by atoms with van der Waals surface area (Å²) in [5, 5.41) is 0. The highest BCUT2D eigenvalue weighted by Gasteiger charge is 2.40. The van der Waals surface area contributed by atoms with Crippen molar-refractivity contribution in [2.75, 3.05) is 32.4 Å². The molecule has 0 aliphatic heterocycles. The van der Waals surface area contributed by atoms with Crippen LogP contribution in [0.15, 0.2) is 60.7 Å². The first-order valence-corrected chi connectivity index (χ1v) is 8.71. The van der Waals surface area contributed by atoms with Gasteiger partial charge in [0.15, 0.2) is 0 Å². The SMILES string of the molecule is CO[Si](CN(c1ccccc1)c1ccccc1)(OC)OC. The van der Waals surface area contributed by atoms with Gasteiger partial charge in [0, 0.05) is 32.7 Å². The molecule has 0 radical (unpaired) electrons. The fourth-order valence-electron chi connectivity index (χ4n) is 2.18. The van der Waals surface area contributed by atoms with Crippen molar-refractivity contribution >= 4 is 20.2 Å². The summed E-state index contributed by atoms with van der Waals surface area (Å²) in [4.78, 5) is 2.16. The van der Waals surface area contributed by atoms with E-state index in [1.54, 1.807) is 21.3 Å². The topological polar surface area (TPSA) is 30.9 Å². The highest BCUT2D eigenvalue weighted by Crippen LogP contribution is 2.27. The number of anilines is 2. The van der Waals surface area contributed by atoms with Crippen LogP contribution in [0.4, 0.5) is 11.4 Å². The Kier molecular flexibility index (Phi) is 5.52. The van der Waals surface area contributed by atoms with E-state index < -0.39 is 8.80 Å². The van der Waals surface area contributed by atoms with Crippen LogP contribution in [0.2, 0.25) is 0 Å². The van der Waals surface area contributed by atoms with Crippen LogP contribution >= 0.6 is 0 Å². The maximum atomic E-state index is 5.56. The van der Waals surface area contributed by atoms with Gasteiger partial charge in [-0.2, -0.15) is 0 Å². The predicted molar refractivity (Wildman–Crippen MR) is 86.7 cm³/mol. The Bertz CT molecular complexity index is 484. The molecule has 0 bridgehead atoms. The molecule has 0 amide bonds. The first-order valence-electron chi connectivity index (χ1n) is 6.78. The maximum Gasteiger partial charge on any atom is 0.521 e. The number of benzene rings is 2. The largest absolute Gasteiger partial charge is 0.521 e. The summed E-state index contributed by atoms with van der Waals surface area (Å²) < 4.78 is 16.7. The first-order chi connectivity index (χ1) is 10.2. The molecule has 0 heterocycles. The molecule has 112 valence electrons. The standard InChI is InChI=1S/C16H21NO3Si/c1-18-21(19-2,20-3)14-17(15-10-6-4-7-11-15)16-12-8-5-9-13-16/h4-13H,14H2,1-3H3. The van der Waals surface area contributed by atoms with Gasteiger partial charge in [-0.1, -0.05) is 36.4 Å². The van der Waals surface area contributed by atoms with Crippen molar-refractivity contribution in [2.45, 2.75) is 0 Å². The van der Waals surface area contributed by atoms with E-state index in [1.165, 1.54) is 0 Å². The highest BCUT2D eigenvalue weighted by molar-refractivity contribution is 6.61. The lowest BCUT2D eigenvalue weighted by atomic mass is 10.2. The fourth-order valence-corrected chi connectivity index (χ4v) is 3.82. The lowest BCUT2D eigenvalue weighted by Gasteiger charge is -2.32. The molecule has 5 heteroatoms. The van der Waals surface area contributed by atoms with Gasteiger partial charge >= 0.3 is 8.80 Å². The Morgan fingerprint density at radius 1 is 0.714 bits per heavy atom. The monoisotopic (exact) mass is 303 g/mol. The number of nitrogens with zero attached hydrogens (tertiary/aromatic N) is 1. The predicted octanol–water partition coefficient (Wildman–Crippen LogP) is 3.24. The van der Waals surface area contributed by atoms with Crippen LogP contribution in [0, 0.1) is 0 Å². The summed E-state index contributed by atoms with van der Waals surface area (Å²) in [5.41, 5.74) is 2.15. The van der Waals surface area contributed by atoms with Crippen molar-refractivity contribution in [1.82, 2.24) is 0 Å². The molecule has 2 aromatic carbocycles. The van der Waals surface area contributed by atoms with E-state index in [0.717, 1.165) is 11.4 Å². The minimum Gasteiger partial charge on any atom is -0.376 e. The molecule has 0 aromatic heterocycles. The van der Waals surface area contributed by atoms with Crippen molar-refractivity contribution in [3.05, 3.63) is 60.7 Å². The lowest BCUT2D eigenvalue weighted by molar-refractivity contribution is 0.125. The third kappa shape index (κ3) is 3.71. The third-order valence-corrected chi connectivity index (χ3v) is 5.99. The van der Waals surface area contributed by atoms with Crippen molar-refractivity contribution < 1.29 is 13.3 Å². The zero-order valence-corrected chi connectivity index (χ0v) is 13.7. The molecule has 0 saturated heterocycles. The van der Waals surface area contributed by atoms with E-state index in [1.807, 2.05) is 36.4 Å². The van der Waals surface area contributed by atoms with Crippen LogP contribution in [0.25, 0.3) is 0 Å². The van der Waals surface area contributed by atoms with E-state index >= 15 is 0 Å². The molecule has 4 nitrogen and oxygen atoms in total. The number of para-hydroxylation sites is 2. The lowest BCUT2D eigenvalue weighted by Crippen LogP contribution is -2.52. The second-order valence-corrected chi connectivity index (χ2v) is 7.46. The van der Waals surface area contributed by atoms with Crippen LogP contribution in [-0.4, -0.2) is 36.3 Å². The van der Waals surface area contributed by atoms with Crippen LogP contribution in [0.1, 0.15) is 0 Å². The molecular weight excluding hydrogens is 282 g/mol. The van der Waals surface area contributed by atoms with E-state index in [0.29, 0.717) is 6.17 Å². The van der Waals surface area contributed by atoms with Crippen LogP contribution in [-0.2, 0) is 13.3 Å². The summed E-state index contributed by atoms with van der Waals surface area (Å²) in [6, 6.07) is 20.3. The van der Waals surface area contributed by atoms with Gasteiger partial charge in [-0.3, -0.25) is 0 Å². The average molecular weight is 303 g/mol. The molecule has 0 fully saturated rings. The van der Waals surface area contributed by atoms with Gasteiger partial charge < -0.3 is 18.2 Å². The van der Waals surface area contributed by atoms with Crippen molar-refractivity contribution in [3.63, 3.8) is 0 Å². The molecule has 0 atom stereocenters. The van der Waals surface area contributed by atoms with Crippen LogP contribution < -0.4 is 4.90 Å². The molecule has 0 aliphatic carbocycles. The van der Waals surface area contributed by atoms with Gasteiger partial charge in [-0.25, -0.2) is 0 Å². The van der Waals surface area contributed by atoms with Gasteiger partial charge in [0.05, 0.1) is 6.17 Å². The normalized spacial score (nSPS) is 11.4. The number of rotatable bonds is 7. The molecule has 2 rings (SSSR count). The number of hydrogen-bond donors (Lipinski definition) is 0. The Morgan fingerprint density at radius 3 is 1.43 bits per heavy atom. The average Bonchev–Trinajstić information content (AvgIpc) is 2.58. The summed E-state index contributed by atoms with van der Waals surface area (Å²) >= 11 is 0. The minimum atomic E-state index is -2.72. The molecule has 2 aromatic rings. The van der Waals surface area contributed by atoms with E-state index in [4.69, 9.17) is 13.3 Å². The summed E-state index contributed by atoms with van der Waals surface area (Å²) in [6.07, 6.45) is 0.546. The smallest absolute Gasteiger partial charge is 0.376 e. The summed E-state index contributed by atoms with van der Waals surface area (Å²) in [6.45, 7) is 0. The molecule has 21 heavy (non-hydrogen) atoms. The second-order valence-electron chi connectivity index (χ2n) is 4.55. The van der Waals surface area contributed by atoms with Gasteiger partial charge in [-0.15, -0.1) is 0 Å². The summed E-state index contributed by atoms with van der Waals surface area (Å²) in [5.74, 6) is 0. The quantitative estimate of drug-likeness (QED) is 0.735. The van der Waals surface area contributed by atoms with Crippen molar-refractivity contribution in [1.29, 1.82) is 0 Å². The van der Waals surface area contributed by atoms with E-state index in [2.05, 4.69) is 29.2 Å². The highest BCUT2D eigenvalue weighted by atomic mass is 28.4. The molecule has 0 spiro atoms. The fraction of sp³-hybridized carbons (Fsp3) is 0.250. The Labute approximate surface area is 127 Å². The molecule has 0 saturated carbocycles. The van der Waals surface area contributed by atoms with E-state index in [-0.39, 0.29) is 0 Å². The van der Waals surface area contributed by atoms with Crippen molar-refractivity contribution in [2.24, 2.45) is 0 Å². The zero-order valence-electron chi connectivity index (χ0n) is 12.7. The number of hydrogen-bond acceptors (Lipinski definition) is 4. The third-order valence-electron chi connectivity index (χ3n) is 3.42. The molecular formula is C16H21NO3Si. The van der Waals surface area contributed by atoms with Gasteiger partial charge in [-0.05, 0) is 24.3 Å². The minimum absolute atomic E-state index is 0.546. The molecule has 0 aliphatic rings. The van der Waals surface area contributed by atoms with Gasteiger partial charge in [0.25, 0.3) is 0 Å². The van der Waals surface area contributed by atoms with Crippen molar-refractivity contribution in [3.8, 4) is 0 Å². The van der Waals surface area contributed by atoms with E-state index in [9.17, 15) is 0 Å². The first kappa shape index (κ1) is 15.7. The zero-order chi connectivity index (χ0) is 15.1.